The monoisotopic (exact) mass is 345 g/mol. The normalized spacial score (nSPS) is 17.3. The van der Waals surface area contributed by atoms with Gasteiger partial charge in [0, 0.05) is 6.54 Å². The zero-order valence-corrected chi connectivity index (χ0v) is 13.7. The Morgan fingerprint density at radius 1 is 1.40 bits per heavy atom. The molecule has 0 aliphatic carbocycles. The average molecular weight is 345 g/mol. The number of urea groups is 1. The van der Waals surface area contributed by atoms with Gasteiger partial charge >= 0.3 is 12.0 Å². The molecule has 3 amide bonds. The van der Waals surface area contributed by atoms with Crippen molar-refractivity contribution >= 4 is 23.6 Å². The van der Waals surface area contributed by atoms with Crippen molar-refractivity contribution in [2.75, 3.05) is 12.0 Å². The molecular formula is C16H19N5O4. The minimum atomic E-state index is -1.15. The third-order valence-electron chi connectivity index (χ3n) is 3.85. The average Bonchev–Trinajstić information content (AvgIpc) is 3.09. The van der Waals surface area contributed by atoms with Crippen LogP contribution in [-0.4, -0.2) is 46.5 Å². The number of carboxylic acids is 1. The van der Waals surface area contributed by atoms with Crippen LogP contribution in [0, 0.1) is 11.3 Å². The summed E-state index contributed by atoms with van der Waals surface area (Å²) in [5.74, 6) is -1.55. The van der Waals surface area contributed by atoms with Crippen molar-refractivity contribution < 1.29 is 19.5 Å². The number of nitrogens with one attached hydrogen (secondary N) is 3. The predicted octanol–water partition coefficient (Wildman–Crippen LogP) is 0.648. The second-order valence-corrected chi connectivity index (χ2v) is 5.67. The molecule has 1 aliphatic rings. The molecule has 2 atom stereocenters. The lowest BCUT2D eigenvalue weighted by Gasteiger charge is -2.25. The van der Waals surface area contributed by atoms with Crippen molar-refractivity contribution in [3.63, 3.8) is 0 Å². The molecule has 2 rings (SSSR count). The highest BCUT2D eigenvalue weighted by molar-refractivity contribution is 5.89. The minimum Gasteiger partial charge on any atom is -0.480 e. The van der Waals surface area contributed by atoms with Crippen LogP contribution in [0.4, 0.5) is 10.5 Å². The third-order valence-corrected chi connectivity index (χ3v) is 3.85. The van der Waals surface area contributed by atoms with Gasteiger partial charge in [0.2, 0.25) is 0 Å². The van der Waals surface area contributed by atoms with Gasteiger partial charge in [-0.1, -0.05) is 6.07 Å². The molecule has 1 saturated heterocycles. The SMILES string of the molecule is CC(NC(=O)N1CCCC1C(=O)NNc1cccc(C#N)c1)C(=O)O. The maximum atomic E-state index is 12.3. The fourth-order valence-corrected chi connectivity index (χ4v) is 2.50. The molecule has 1 heterocycles. The van der Waals surface area contributed by atoms with Crippen LogP contribution in [0.2, 0.25) is 0 Å². The van der Waals surface area contributed by atoms with E-state index >= 15 is 0 Å². The quantitative estimate of drug-likeness (QED) is 0.579. The van der Waals surface area contributed by atoms with Crippen LogP contribution in [0.15, 0.2) is 24.3 Å². The lowest BCUT2D eigenvalue weighted by Crippen LogP contribution is -2.53. The summed E-state index contributed by atoms with van der Waals surface area (Å²) in [4.78, 5) is 36.6. The number of nitrogens with zero attached hydrogens (tertiary/aromatic N) is 2. The van der Waals surface area contributed by atoms with Crippen molar-refractivity contribution in [1.29, 1.82) is 5.26 Å². The number of anilines is 1. The van der Waals surface area contributed by atoms with E-state index in [2.05, 4.69) is 16.2 Å². The van der Waals surface area contributed by atoms with Gasteiger partial charge in [0.25, 0.3) is 5.91 Å². The Labute approximate surface area is 144 Å². The second-order valence-electron chi connectivity index (χ2n) is 5.67. The molecule has 0 aromatic heterocycles. The van der Waals surface area contributed by atoms with Crippen LogP contribution in [0.5, 0.6) is 0 Å². The van der Waals surface area contributed by atoms with E-state index in [-0.39, 0.29) is 0 Å². The van der Waals surface area contributed by atoms with E-state index in [1.807, 2.05) is 6.07 Å². The molecule has 0 spiro atoms. The number of hydrogen-bond donors (Lipinski definition) is 4. The minimum absolute atomic E-state index is 0.375. The first-order valence-corrected chi connectivity index (χ1v) is 7.78. The molecule has 1 fully saturated rings. The fraction of sp³-hybridized carbons (Fsp3) is 0.375. The number of nitriles is 1. The molecule has 0 radical (unpaired) electrons. The Morgan fingerprint density at radius 3 is 2.84 bits per heavy atom. The maximum Gasteiger partial charge on any atom is 0.325 e. The van der Waals surface area contributed by atoms with Gasteiger partial charge < -0.3 is 15.3 Å². The highest BCUT2D eigenvalue weighted by Gasteiger charge is 2.35. The Bertz CT molecular complexity index is 715. The van der Waals surface area contributed by atoms with Gasteiger partial charge in [0.15, 0.2) is 0 Å². The molecule has 1 aliphatic heterocycles. The molecule has 0 saturated carbocycles. The van der Waals surface area contributed by atoms with Gasteiger partial charge in [-0.15, -0.1) is 0 Å². The summed E-state index contributed by atoms with van der Waals surface area (Å²) in [6.45, 7) is 1.73. The second kappa shape index (κ2) is 8.01. The van der Waals surface area contributed by atoms with Crippen LogP contribution < -0.4 is 16.2 Å². The number of rotatable bonds is 5. The van der Waals surface area contributed by atoms with Gasteiger partial charge in [0.1, 0.15) is 12.1 Å². The van der Waals surface area contributed by atoms with Crippen LogP contribution >= 0.6 is 0 Å². The van der Waals surface area contributed by atoms with Crippen LogP contribution in [0.3, 0.4) is 0 Å². The fourth-order valence-electron chi connectivity index (χ4n) is 2.50. The molecule has 9 heteroatoms. The lowest BCUT2D eigenvalue weighted by molar-refractivity contribution is -0.138. The lowest BCUT2D eigenvalue weighted by atomic mass is 10.2. The van der Waals surface area contributed by atoms with E-state index in [0.29, 0.717) is 30.6 Å². The Morgan fingerprint density at radius 2 is 2.16 bits per heavy atom. The molecule has 132 valence electrons. The standard InChI is InChI=1S/C16H19N5O4/c1-10(15(23)24)18-16(25)21-7-3-6-13(21)14(22)20-19-12-5-2-4-11(8-12)9-17/h2,4-5,8,10,13,19H,3,6-7H2,1H3,(H,18,25)(H,20,22)(H,23,24). The highest BCUT2D eigenvalue weighted by atomic mass is 16.4. The van der Waals surface area contributed by atoms with E-state index in [1.165, 1.54) is 11.8 Å². The van der Waals surface area contributed by atoms with Crippen molar-refractivity contribution in [3.05, 3.63) is 29.8 Å². The smallest absolute Gasteiger partial charge is 0.325 e. The summed E-state index contributed by atoms with van der Waals surface area (Å²) in [6.07, 6.45) is 1.14. The maximum absolute atomic E-state index is 12.3. The first-order valence-electron chi connectivity index (χ1n) is 7.78. The van der Waals surface area contributed by atoms with E-state index in [0.717, 1.165) is 0 Å². The molecule has 0 bridgehead atoms. The van der Waals surface area contributed by atoms with Crippen molar-refractivity contribution in [3.8, 4) is 6.07 Å². The van der Waals surface area contributed by atoms with Crippen LogP contribution in [0.25, 0.3) is 0 Å². The Balaban J connectivity index is 1.94. The molecule has 2 unspecified atom stereocenters. The molecule has 9 nitrogen and oxygen atoms in total. The largest absolute Gasteiger partial charge is 0.480 e. The molecule has 1 aromatic rings. The van der Waals surface area contributed by atoms with Gasteiger partial charge in [-0.2, -0.15) is 5.26 Å². The number of benzene rings is 1. The molecule has 4 N–H and O–H groups in total. The number of carbonyl (C=O) groups is 3. The van der Waals surface area contributed by atoms with Crippen LogP contribution in [0.1, 0.15) is 25.3 Å². The molecular weight excluding hydrogens is 326 g/mol. The highest BCUT2D eigenvalue weighted by Crippen LogP contribution is 2.18. The number of aliphatic carboxylic acids is 1. The number of likely N-dealkylation sites (tertiary alicyclic amines) is 1. The number of amides is 3. The summed E-state index contributed by atoms with van der Waals surface area (Å²) < 4.78 is 0. The van der Waals surface area contributed by atoms with Crippen LogP contribution in [-0.2, 0) is 9.59 Å². The van der Waals surface area contributed by atoms with Gasteiger partial charge in [-0.25, -0.2) is 4.79 Å². The van der Waals surface area contributed by atoms with E-state index in [4.69, 9.17) is 10.4 Å². The summed E-state index contributed by atoms with van der Waals surface area (Å²) in [5.41, 5.74) is 6.22. The Hall–Kier alpha value is -3.28. The third kappa shape index (κ3) is 4.60. The predicted molar refractivity (Wildman–Crippen MR) is 88.3 cm³/mol. The van der Waals surface area contributed by atoms with Gasteiger partial charge in [-0.3, -0.25) is 20.4 Å². The molecule has 25 heavy (non-hydrogen) atoms. The van der Waals surface area contributed by atoms with Crippen molar-refractivity contribution in [2.45, 2.75) is 31.8 Å². The molecule has 1 aromatic carbocycles. The summed E-state index contributed by atoms with van der Waals surface area (Å²) >= 11 is 0. The summed E-state index contributed by atoms with van der Waals surface area (Å²) in [5, 5.41) is 20.1. The Kier molecular flexibility index (Phi) is 5.79. The van der Waals surface area contributed by atoms with Gasteiger partial charge in [0.05, 0.1) is 17.3 Å². The van der Waals surface area contributed by atoms with E-state index < -0.39 is 30.0 Å². The summed E-state index contributed by atoms with van der Waals surface area (Å²) in [6, 6.07) is 6.27. The number of hydrogen-bond acceptors (Lipinski definition) is 5. The zero-order chi connectivity index (χ0) is 18.4. The first-order chi connectivity index (χ1) is 11.9. The zero-order valence-electron chi connectivity index (χ0n) is 13.7. The topological polar surface area (TPSA) is 135 Å². The first kappa shape index (κ1) is 18.1. The van der Waals surface area contributed by atoms with E-state index in [9.17, 15) is 14.4 Å². The number of carbonyl (C=O) groups excluding carboxylic acids is 2. The van der Waals surface area contributed by atoms with Crippen molar-refractivity contribution in [2.24, 2.45) is 0 Å². The number of hydrazine groups is 1. The van der Waals surface area contributed by atoms with Gasteiger partial charge in [-0.05, 0) is 38.0 Å². The number of carboxylic acid groups (broad SMARTS) is 1. The summed E-state index contributed by atoms with van der Waals surface area (Å²) in [7, 11) is 0. The van der Waals surface area contributed by atoms with E-state index in [1.54, 1.807) is 24.3 Å². The van der Waals surface area contributed by atoms with Crippen molar-refractivity contribution in [1.82, 2.24) is 15.6 Å².